The number of morpholine rings is 1. The summed E-state index contributed by atoms with van der Waals surface area (Å²) in [6.07, 6.45) is 0. The van der Waals surface area contributed by atoms with Crippen LogP contribution in [0.15, 0.2) is 72.8 Å². The van der Waals surface area contributed by atoms with E-state index in [0.29, 0.717) is 6.54 Å². The van der Waals surface area contributed by atoms with Crippen LogP contribution in [0.4, 0.5) is 11.4 Å². The largest absolute Gasteiger partial charge is 0.378 e. The second kappa shape index (κ2) is 10.6. The molecule has 1 aliphatic rings. The fourth-order valence-corrected chi connectivity index (χ4v) is 4.62. The summed E-state index contributed by atoms with van der Waals surface area (Å²) in [6, 6.07) is 24.2. The van der Waals surface area contributed by atoms with Crippen molar-refractivity contribution in [2.24, 2.45) is 0 Å². The summed E-state index contributed by atoms with van der Waals surface area (Å²) >= 11 is 0. The minimum absolute atomic E-state index is 0.0300. The molecule has 3 aromatic rings. The molecule has 0 aliphatic carbocycles. The second-order valence-electron chi connectivity index (χ2n) is 8.82. The van der Waals surface area contributed by atoms with E-state index in [1.54, 1.807) is 0 Å². The molecule has 0 radical (unpaired) electrons. The Kier molecular flexibility index (Phi) is 7.43. The second-order valence-corrected chi connectivity index (χ2v) is 8.82. The van der Waals surface area contributed by atoms with Crippen LogP contribution >= 0.6 is 0 Å². The van der Waals surface area contributed by atoms with Gasteiger partial charge in [-0.05, 0) is 61.3 Å². The average Bonchev–Trinajstić information content (AvgIpc) is 2.80. The van der Waals surface area contributed by atoms with Crippen LogP contribution in [0.3, 0.4) is 0 Å². The van der Waals surface area contributed by atoms with Gasteiger partial charge in [-0.2, -0.15) is 0 Å². The van der Waals surface area contributed by atoms with Crippen LogP contribution in [0, 0.1) is 13.8 Å². The minimum Gasteiger partial charge on any atom is -0.378 e. The SMILES string of the molecule is Cc1cc(C)cc(NC(=O)[C@H](c2ccccc2)N(C)Cc2ccccc2N2CCOCC2)c1. The Labute approximate surface area is 197 Å². The Morgan fingerprint density at radius 1 is 0.970 bits per heavy atom. The number of rotatable bonds is 7. The number of benzene rings is 3. The molecule has 1 saturated heterocycles. The van der Waals surface area contributed by atoms with Crippen LogP contribution in [0.25, 0.3) is 0 Å². The van der Waals surface area contributed by atoms with E-state index in [9.17, 15) is 4.79 Å². The quantitative estimate of drug-likeness (QED) is 0.561. The van der Waals surface area contributed by atoms with Crippen molar-refractivity contribution in [1.82, 2.24) is 4.90 Å². The molecule has 0 aromatic heterocycles. The fourth-order valence-electron chi connectivity index (χ4n) is 4.62. The third-order valence-electron chi connectivity index (χ3n) is 6.06. The first-order valence-corrected chi connectivity index (χ1v) is 11.6. The molecule has 1 aliphatic heterocycles. The molecule has 0 unspecified atom stereocenters. The van der Waals surface area contributed by atoms with Crippen LogP contribution in [0.5, 0.6) is 0 Å². The summed E-state index contributed by atoms with van der Waals surface area (Å²) in [6.45, 7) is 8.02. The third-order valence-corrected chi connectivity index (χ3v) is 6.06. The number of likely N-dealkylation sites (N-methyl/N-ethyl adjacent to an activating group) is 1. The normalized spacial score (nSPS) is 14.8. The van der Waals surface area contributed by atoms with Gasteiger partial charge in [0.15, 0.2) is 0 Å². The topological polar surface area (TPSA) is 44.8 Å². The number of ether oxygens (including phenoxy) is 1. The highest BCUT2D eigenvalue weighted by Crippen LogP contribution is 2.28. The van der Waals surface area contributed by atoms with Crippen molar-refractivity contribution in [3.8, 4) is 0 Å². The smallest absolute Gasteiger partial charge is 0.246 e. The van der Waals surface area contributed by atoms with Crippen molar-refractivity contribution in [1.29, 1.82) is 0 Å². The number of nitrogens with one attached hydrogen (secondary N) is 1. The number of carbonyl (C=O) groups excluding carboxylic acids is 1. The van der Waals surface area contributed by atoms with Gasteiger partial charge in [-0.15, -0.1) is 0 Å². The van der Waals surface area contributed by atoms with Gasteiger partial charge in [0.05, 0.1) is 13.2 Å². The Morgan fingerprint density at radius 2 is 1.61 bits per heavy atom. The minimum atomic E-state index is -0.412. The van der Waals surface area contributed by atoms with Crippen LogP contribution in [0.2, 0.25) is 0 Å². The maximum absolute atomic E-state index is 13.6. The first-order valence-electron chi connectivity index (χ1n) is 11.6. The van der Waals surface area contributed by atoms with Crippen molar-refractivity contribution in [3.05, 3.63) is 95.1 Å². The molecule has 33 heavy (non-hydrogen) atoms. The number of anilines is 2. The van der Waals surface area contributed by atoms with E-state index >= 15 is 0 Å². The summed E-state index contributed by atoms with van der Waals surface area (Å²) in [5, 5.41) is 3.16. The van der Waals surface area contributed by atoms with Crippen LogP contribution in [-0.4, -0.2) is 44.2 Å². The first-order chi connectivity index (χ1) is 16.0. The Morgan fingerprint density at radius 3 is 2.30 bits per heavy atom. The molecule has 1 fully saturated rings. The van der Waals surface area contributed by atoms with Crippen LogP contribution < -0.4 is 10.2 Å². The molecule has 0 spiro atoms. The molecular weight excluding hydrogens is 410 g/mol. The van der Waals surface area contributed by atoms with Gasteiger partial charge in [-0.25, -0.2) is 0 Å². The lowest BCUT2D eigenvalue weighted by Crippen LogP contribution is -2.38. The molecule has 1 N–H and O–H groups in total. The Hall–Kier alpha value is -3.15. The van der Waals surface area contributed by atoms with E-state index in [0.717, 1.165) is 48.7 Å². The van der Waals surface area contributed by atoms with Gasteiger partial charge < -0.3 is 15.0 Å². The van der Waals surface area contributed by atoms with Crippen LogP contribution in [-0.2, 0) is 16.1 Å². The van der Waals surface area contributed by atoms with Crippen molar-refractivity contribution >= 4 is 17.3 Å². The maximum atomic E-state index is 13.6. The highest BCUT2D eigenvalue weighted by molar-refractivity contribution is 5.95. The lowest BCUT2D eigenvalue weighted by Gasteiger charge is -2.33. The highest BCUT2D eigenvalue weighted by Gasteiger charge is 2.26. The molecule has 5 nitrogen and oxygen atoms in total. The third kappa shape index (κ3) is 5.81. The predicted octanol–water partition coefficient (Wildman–Crippen LogP) is 4.95. The van der Waals surface area contributed by atoms with Crippen molar-refractivity contribution < 1.29 is 9.53 Å². The summed E-state index contributed by atoms with van der Waals surface area (Å²) in [7, 11) is 2.02. The molecule has 172 valence electrons. The van der Waals surface area contributed by atoms with E-state index in [2.05, 4.69) is 45.4 Å². The van der Waals surface area contributed by atoms with Crippen molar-refractivity contribution in [2.45, 2.75) is 26.4 Å². The number of aryl methyl sites for hydroxylation is 2. The Bertz CT molecular complexity index is 1060. The van der Waals surface area contributed by atoms with E-state index < -0.39 is 6.04 Å². The van der Waals surface area contributed by atoms with E-state index in [4.69, 9.17) is 4.74 Å². The molecule has 4 rings (SSSR count). The van der Waals surface area contributed by atoms with Crippen molar-refractivity contribution in [3.63, 3.8) is 0 Å². The lowest BCUT2D eigenvalue weighted by atomic mass is 10.0. The maximum Gasteiger partial charge on any atom is 0.246 e. The number of nitrogens with zero attached hydrogens (tertiary/aromatic N) is 2. The molecular formula is C28H33N3O2. The van der Waals surface area contributed by atoms with Gasteiger partial charge >= 0.3 is 0 Å². The monoisotopic (exact) mass is 443 g/mol. The highest BCUT2D eigenvalue weighted by atomic mass is 16.5. The zero-order valence-electron chi connectivity index (χ0n) is 19.8. The molecule has 0 bridgehead atoms. The summed E-state index contributed by atoms with van der Waals surface area (Å²) in [4.78, 5) is 18.1. The number of hydrogen-bond acceptors (Lipinski definition) is 4. The molecule has 0 saturated carbocycles. The average molecular weight is 444 g/mol. The number of para-hydroxylation sites is 1. The van der Waals surface area contributed by atoms with Gasteiger partial charge in [0.25, 0.3) is 0 Å². The van der Waals surface area contributed by atoms with Gasteiger partial charge in [0, 0.05) is 31.0 Å². The van der Waals surface area contributed by atoms with Gasteiger partial charge in [0.2, 0.25) is 5.91 Å². The number of amides is 1. The molecule has 1 heterocycles. The van der Waals surface area contributed by atoms with E-state index in [1.165, 1.54) is 11.3 Å². The zero-order chi connectivity index (χ0) is 23.2. The van der Waals surface area contributed by atoms with E-state index in [1.807, 2.05) is 63.4 Å². The predicted molar refractivity (Wildman–Crippen MR) is 135 cm³/mol. The first kappa shape index (κ1) is 23.0. The summed E-state index contributed by atoms with van der Waals surface area (Å²) in [5.74, 6) is -0.0300. The zero-order valence-corrected chi connectivity index (χ0v) is 19.8. The van der Waals surface area contributed by atoms with Gasteiger partial charge in [-0.1, -0.05) is 54.6 Å². The van der Waals surface area contributed by atoms with E-state index in [-0.39, 0.29) is 5.91 Å². The molecule has 5 heteroatoms. The molecule has 1 amide bonds. The molecule has 3 aromatic carbocycles. The number of hydrogen-bond donors (Lipinski definition) is 1. The fraction of sp³-hybridized carbons (Fsp3) is 0.321. The summed E-state index contributed by atoms with van der Waals surface area (Å²) in [5.41, 5.74) is 6.51. The van der Waals surface area contributed by atoms with Gasteiger partial charge in [-0.3, -0.25) is 9.69 Å². The van der Waals surface area contributed by atoms with Gasteiger partial charge in [0.1, 0.15) is 6.04 Å². The number of carbonyl (C=O) groups is 1. The Balaban J connectivity index is 1.60. The lowest BCUT2D eigenvalue weighted by molar-refractivity contribution is -0.121. The molecule has 1 atom stereocenters. The van der Waals surface area contributed by atoms with Crippen LogP contribution in [0.1, 0.15) is 28.3 Å². The van der Waals surface area contributed by atoms with Crippen molar-refractivity contribution in [2.75, 3.05) is 43.6 Å². The standard InChI is InChI=1S/C28H33N3O2/c1-21-17-22(2)19-25(18-21)29-28(32)27(23-9-5-4-6-10-23)30(3)20-24-11-7-8-12-26(24)31-13-15-33-16-14-31/h4-12,17-19,27H,13-16,20H2,1-3H3,(H,29,32)/t27-/m0/s1. The summed E-state index contributed by atoms with van der Waals surface area (Å²) < 4.78 is 5.54.